The van der Waals surface area contributed by atoms with Gasteiger partial charge in [-0.2, -0.15) is 0 Å². The summed E-state index contributed by atoms with van der Waals surface area (Å²) < 4.78 is 33.1. The molecule has 1 aromatic carbocycles. The van der Waals surface area contributed by atoms with E-state index in [1.807, 2.05) is 13.0 Å². The number of piperazine rings is 1. The van der Waals surface area contributed by atoms with Gasteiger partial charge in [0.1, 0.15) is 16.5 Å². The second-order valence-electron chi connectivity index (χ2n) is 6.29. The predicted octanol–water partition coefficient (Wildman–Crippen LogP) is 1.48. The van der Waals surface area contributed by atoms with E-state index in [1.54, 1.807) is 35.4 Å². The van der Waals surface area contributed by atoms with Crippen molar-refractivity contribution in [3.8, 4) is 5.75 Å². The highest BCUT2D eigenvalue weighted by Gasteiger charge is 2.21. The lowest BCUT2D eigenvalue weighted by molar-refractivity contribution is -0.118. The molecule has 0 unspecified atom stereocenters. The van der Waals surface area contributed by atoms with Gasteiger partial charge in [0.25, 0.3) is 10.0 Å². The second kappa shape index (κ2) is 7.83. The summed E-state index contributed by atoms with van der Waals surface area (Å²) in [5.41, 5.74) is 1.70. The number of rotatable bonds is 6. The number of nitrogens with one attached hydrogen (secondary N) is 1. The first-order valence-electron chi connectivity index (χ1n) is 8.51. The maximum Gasteiger partial charge on any atom is 0.266 e. The smallest absolute Gasteiger partial charge is 0.266 e. The van der Waals surface area contributed by atoms with Crippen molar-refractivity contribution in [1.29, 1.82) is 0 Å². The van der Waals surface area contributed by atoms with Crippen LogP contribution in [0.15, 0.2) is 41.4 Å². The lowest BCUT2D eigenvalue weighted by atomic mass is 10.2. The predicted molar refractivity (Wildman–Crippen MR) is 103 cm³/mol. The molecule has 27 heavy (non-hydrogen) atoms. The Labute approximate surface area is 158 Å². The van der Waals surface area contributed by atoms with E-state index >= 15 is 0 Å². The molecule has 0 radical (unpaired) electrons. The van der Waals surface area contributed by atoms with E-state index in [0.29, 0.717) is 26.2 Å². The molecule has 0 atom stereocenters. The number of nitrogens with zero attached hydrogens (tertiary/aromatic N) is 3. The van der Waals surface area contributed by atoms with E-state index in [2.05, 4.69) is 14.6 Å². The van der Waals surface area contributed by atoms with Gasteiger partial charge in [-0.05, 0) is 36.8 Å². The summed E-state index contributed by atoms with van der Waals surface area (Å²) in [6.07, 6.45) is 2.48. The molecule has 0 bridgehead atoms. The fraction of sp³-hybridized carbons (Fsp3) is 0.333. The van der Waals surface area contributed by atoms with Crippen LogP contribution in [-0.4, -0.2) is 58.0 Å². The maximum absolute atomic E-state index is 12.7. The zero-order chi connectivity index (χ0) is 19.4. The molecule has 8 nitrogen and oxygen atoms in total. The Balaban J connectivity index is 1.75. The van der Waals surface area contributed by atoms with Gasteiger partial charge in [0, 0.05) is 26.2 Å². The number of carbonyl (C=O) groups excluding carboxylic acids is 1. The zero-order valence-electron chi connectivity index (χ0n) is 15.3. The number of hydrogen-bond acceptors (Lipinski definition) is 6. The minimum atomic E-state index is -3.82. The number of pyridine rings is 1. The normalized spacial score (nSPS) is 14.7. The number of carbonyl (C=O) groups is 1. The van der Waals surface area contributed by atoms with Crippen LogP contribution in [0.2, 0.25) is 0 Å². The highest BCUT2D eigenvalue weighted by Crippen LogP contribution is 2.27. The second-order valence-corrected chi connectivity index (χ2v) is 7.94. The van der Waals surface area contributed by atoms with Gasteiger partial charge in [0.15, 0.2) is 0 Å². The van der Waals surface area contributed by atoms with Crippen LogP contribution in [0.5, 0.6) is 5.75 Å². The molecule has 1 aliphatic heterocycles. The van der Waals surface area contributed by atoms with E-state index in [-0.39, 0.29) is 16.5 Å². The molecule has 1 aliphatic rings. The lowest BCUT2D eigenvalue weighted by Crippen LogP contribution is -2.45. The van der Waals surface area contributed by atoms with Gasteiger partial charge in [0.2, 0.25) is 6.41 Å². The third kappa shape index (κ3) is 4.30. The molecule has 2 aromatic rings. The number of aryl methyl sites for hydroxylation is 1. The summed E-state index contributed by atoms with van der Waals surface area (Å²) in [4.78, 5) is 18.9. The van der Waals surface area contributed by atoms with Crippen LogP contribution >= 0.6 is 0 Å². The van der Waals surface area contributed by atoms with Crippen molar-refractivity contribution in [3.05, 3.63) is 42.1 Å². The average Bonchev–Trinajstić information content (AvgIpc) is 2.68. The standard InChI is InChI=1S/C18H22N4O4S/c1-14-3-5-16(26-2)17(11-14)27(24,25)20-18-6-4-15(12-19-18)22-9-7-21(13-23)8-10-22/h3-6,11-13H,7-10H2,1-2H3,(H,19,20). The van der Waals surface area contributed by atoms with Crippen molar-refractivity contribution >= 4 is 27.9 Å². The number of sulfonamides is 1. The Bertz CT molecular complexity index is 907. The molecule has 9 heteroatoms. The van der Waals surface area contributed by atoms with Gasteiger partial charge in [-0.25, -0.2) is 13.4 Å². The van der Waals surface area contributed by atoms with Gasteiger partial charge < -0.3 is 14.5 Å². The third-order valence-corrected chi connectivity index (χ3v) is 5.80. The van der Waals surface area contributed by atoms with Gasteiger partial charge in [-0.15, -0.1) is 0 Å². The van der Waals surface area contributed by atoms with Crippen LogP contribution in [0, 0.1) is 6.92 Å². The van der Waals surface area contributed by atoms with E-state index in [0.717, 1.165) is 17.7 Å². The van der Waals surface area contributed by atoms with E-state index in [9.17, 15) is 13.2 Å². The summed E-state index contributed by atoms with van der Waals surface area (Å²) in [5, 5.41) is 0. The molecule has 1 fully saturated rings. The molecule has 1 aromatic heterocycles. The first-order chi connectivity index (χ1) is 12.9. The number of aromatic nitrogens is 1. The fourth-order valence-corrected chi connectivity index (χ4v) is 4.17. The summed E-state index contributed by atoms with van der Waals surface area (Å²) in [6, 6.07) is 8.41. The summed E-state index contributed by atoms with van der Waals surface area (Å²) >= 11 is 0. The lowest BCUT2D eigenvalue weighted by Gasteiger charge is -2.33. The monoisotopic (exact) mass is 390 g/mol. The Morgan fingerprint density at radius 2 is 1.89 bits per heavy atom. The van der Waals surface area contributed by atoms with Crippen molar-refractivity contribution < 1.29 is 17.9 Å². The first kappa shape index (κ1) is 19.0. The Kier molecular flexibility index (Phi) is 5.50. The van der Waals surface area contributed by atoms with Crippen LogP contribution in [0.3, 0.4) is 0 Å². The fourth-order valence-electron chi connectivity index (χ4n) is 2.91. The maximum atomic E-state index is 12.7. The average molecular weight is 390 g/mol. The topological polar surface area (TPSA) is 91.8 Å². The quantitative estimate of drug-likeness (QED) is 0.751. The zero-order valence-corrected chi connectivity index (χ0v) is 16.1. The van der Waals surface area contributed by atoms with Crippen LogP contribution in [0.1, 0.15) is 5.56 Å². The van der Waals surface area contributed by atoms with Crippen molar-refractivity contribution in [1.82, 2.24) is 9.88 Å². The van der Waals surface area contributed by atoms with E-state index in [4.69, 9.17) is 4.74 Å². The van der Waals surface area contributed by atoms with Crippen LogP contribution in [-0.2, 0) is 14.8 Å². The number of benzene rings is 1. The van der Waals surface area contributed by atoms with Gasteiger partial charge in [-0.1, -0.05) is 6.07 Å². The van der Waals surface area contributed by atoms with E-state index in [1.165, 1.54) is 7.11 Å². The Hall–Kier alpha value is -2.81. The molecule has 2 heterocycles. The largest absolute Gasteiger partial charge is 0.495 e. The molecule has 3 rings (SSSR count). The van der Waals surface area contributed by atoms with Crippen molar-refractivity contribution in [2.75, 3.05) is 42.9 Å². The van der Waals surface area contributed by atoms with Gasteiger partial charge >= 0.3 is 0 Å². The number of ether oxygens (including phenoxy) is 1. The molecule has 1 saturated heterocycles. The van der Waals surface area contributed by atoms with E-state index < -0.39 is 10.0 Å². The van der Waals surface area contributed by atoms with Crippen LogP contribution < -0.4 is 14.4 Å². The molecule has 0 spiro atoms. The SMILES string of the molecule is COc1ccc(C)cc1S(=O)(=O)Nc1ccc(N2CCN(C=O)CC2)cn1. The highest BCUT2D eigenvalue weighted by molar-refractivity contribution is 7.92. The van der Waals surface area contributed by atoms with Crippen LogP contribution in [0.4, 0.5) is 11.5 Å². The van der Waals surface area contributed by atoms with Gasteiger partial charge in [0.05, 0.1) is 19.0 Å². The molecular weight excluding hydrogens is 368 g/mol. The summed E-state index contributed by atoms with van der Waals surface area (Å²) in [7, 11) is -2.39. The molecular formula is C18H22N4O4S. The molecule has 1 N–H and O–H groups in total. The van der Waals surface area contributed by atoms with Crippen molar-refractivity contribution in [2.45, 2.75) is 11.8 Å². The number of amides is 1. The Morgan fingerprint density at radius 3 is 2.48 bits per heavy atom. The van der Waals surface area contributed by atoms with Gasteiger partial charge in [-0.3, -0.25) is 9.52 Å². The number of anilines is 2. The minimum Gasteiger partial charge on any atom is -0.495 e. The third-order valence-electron chi connectivity index (χ3n) is 4.42. The highest BCUT2D eigenvalue weighted by atomic mass is 32.2. The molecule has 0 saturated carbocycles. The molecule has 144 valence electrons. The number of hydrogen-bond donors (Lipinski definition) is 1. The first-order valence-corrected chi connectivity index (χ1v) is 9.99. The van der Waals surface area contributed by atoms with Crippen molar-refractivity contribution in [3.63, 3.8) is 0 Å². The Morgan fingerprint density at radius 1 is 1.15 bits per heavy atom. The van der Waals surface area contributed by atoms with Crippen LogP contribution in [0.25, 0.3) is 0 Å². The number of methoxy groups -OCH3 is 1. The molecule has 0 aliphatic carbocycles. The summed E-state index contributed by atoms with van der Waals surface area (Å²) in [5.74, 6) is 0.506. The van der Waals surface area contributed by atoms with Crippen molar-refractivity contribution in [2.24, 2.45) is 0 Å². The summed E-state index contributed by atoms with van der Waals surface area (Å²) in [6.45, 7) is 4.56. The minimum absolute atomic E-state index is 0.0702. The molecule has 1 amide bonds.